The normalized spacial score (nSPS) is 13.5. The molecule has 0 fully saturated rings. The standard InChI is InChI=1S/C51H33NS2/c1-51(2)42-21-16-30(29-41(42)49-43(51)22-20-37-35-12-6-9-15-47(35)54-50(37)49)31-17-23-44-38(26-31)39-27-32(18-24-45(39)52(44)34-10-4-3-5-11-34)33-19-25-48-40(28-33)36-13-7-8-14-46(36)53-48/h3-29H,1-2H3. The van der Waals surface area contributed by atoms with Crippen LogP contribution in [0.4, 0.5) is 0 Å². The number of hydrogen-bond donors (Lipinski definition) is 0. The monoisotopic (exact) mass is 723 g/mol. The van der Waals surface area contributed by atoms with Crippen LogP contribution in [0.25, 0.3) is 101 Å². The molecular weight excluding hydrogens is 691 g/mol. The summed E-state index contributed by atoms with van der Waals surface area (Å²) in [4.78, 5) is 0. The predicted octanol–water partition coefficient (Wildman–Crippen LogP) is 15.2. The third kappa shape index (κ3) is 4.20. The number of benzene rings is 8. The number of para-hydroxylation sites is 1. The number of aromatic nitrogens is 1. The topological polar surface area (TPSA) is 4.93 Å². The van der Waals surface area contributed by atoms with Crippen LogP contribution >= 0.6 is 22.7 Å². The molecule has 3 heteroatoms. The minimum atomic E-state index is -0.0602. The Morgan fingerprint density at radius 3 is 1.67 bits per heavy atom. The number of thiophene rings is 2. The van der Waals surface area contributed by atoms with Gasteiger partial charge in [0, 0.05) is 67.8 Å². The lowest BCUT2D eigenvalue weighted by Gasteiger charge is -2.21. The third-order valence-corrected chi connectivity index (χ3v) is 14.4. The van der Waals surface area contributed by atoms with E-state index in [9.17, 15) is 0 Å². The molecule has 0 radical (unpaired) electrons. The van der Waals surface area contributed by atoms with E-state index in [0.29, 0.717) is 0 Å². The maximum Gasteiger partial charge on any atom is 0.0541 e. The van der Waals surface area contributed by atoms with Crippen molar-refractivity contribution in [3.63, 3.8) is 0 Å². The second kappa shape index (κ2) is 11.0. The van der Waals surface area contributed by atoms with E-state index in [-0.39, 0.29) is 5.41 Å². The Kier molecular flexibility index (Phi) is 6.22. The molecule has 0 atom stereocenters. The zero-order valence-electron chi connectivity index (χ0n) is 29.9. The lowest BCUT2D eigenvalue weighted by molar-refractivity contribution is 0.661. The van der Waals surface area contributed by atoms with Crippen molar-refractivity contribution in [2.75, 3.05) is 0 Å². The van der Waals surface area contributed by atoms with Crippen LogP contribution in [0, 0.1) is 0 Å². The van der Waals surface area contributed by atoms with Gasteiger partial charge in [0.05, 0.1) is 11.0 Å². The van der Waals surface area contributed by atoms with Crippen LogP contribution in [0.2, 0.25) is 0 Å². The Hall–Kier alpha value is -6.00. The van der Waals surface area contributed by atoms with Crippen LogP contribution in [0.1, 0.15) is 25.0 Å². The Morgan fingerprint density at radius 2 is 0.944 bits per heavy atom. The Morgan fingerprint density at radius 1 is 0.407 bits per heavy atom. The van der Waals surface area contributed by atoms with Gasteiger partial charge in [0.2, 0.25) is 0 Å². The van der Waals surface area contributed by atoms with E-state index in [0.717, 1.165) is 0 Å². The molecule has 0 N–H and O–H groups in total. The van der Waals surface area contributed by atoms with Crippen molar-refractivity contribution < 1.29 is 0 Å². The molecule has 0 bridgehead atoms. The van der Waals surface area contributed by atoms with E-state index in [1.165, 1.54) is 112 Å². The lowest BCUT2D eigenvalue weighted by atomic mass is 9.82. The van der Waals surface area contributed by atoms with Gasteiger partial charge in [-0.25, -0.2) is 0 Å². The van der Waals surface area contributed by atoms with Gasteiger partial charge in [0.25, 0.3) is 0 Å². The fourth-order valence-electron chi connectivity index (χ4n) is 9.34. The van der Waals surface area contributed by atoms with Crippen molar-refractivity contribution in [3.8, 4) is 39.1 Å². The number of hydrogen-bond acceptors (Lipinski definition) is 2. The molecule has 0 amide bonds. The van der Waals surface area contributed by atoms with Gasteiger partial charge in [-0.05, 0) is 106 Å². The molecule has 12 rings (SSSR count). The summed E-state index contributed by atoms with van der Waals surface area (Å²) in [6.45, 7) is 4.77. The van der Waals surface area contributed by atoms with Gasteiger partial charge in [0.15, 0.2) is 0 Å². The molecule has 1 aliphatic carbocycles. The first-order valence-electron chi connectivity index (χ1n) is 18.7. The number of fused-ring (bicyclic) bond motifs is 13. The van der Waals surface area contributed by atoms with Crippen molar-refractivity contribution in [2.24, 2.45) is 0 Å². The van der Waals surface area contributed by atoms with E-state index < -0.39 is 0 Å². The van der Waals surface area contributed by atoms with Gasteiger partial charge in [-0.1, -0.05) is 111 Å². The van der Waals surface area contributed by atoms with E-state index in [4.69, 9.17) is 0 Å². The summed E-state index contributed by atoms with van der Waals surface area (Å²) in [6, 6.07) is 61.4. The molecule has 1 aliphatic rings. The van der Waals surface area contributed by atoms with Gasteiger partial charge in [-0.2, -0.15) is 0 Å². The van der Waals surface area contributed by atoms with Crippen LogP contribution in [0.3, 0.4) is 0 Å². The number of nitrogens with zero attached hydrogens (tertiary/aromatic N) is 1. The molecule has 0 saturated heterocycles. The van der Waals surface area contributed by atoms with E-state index in [1.54, 1.807) is 0 Å². The fourth-order valence-corrected chi connectivity index (χ4v) is 11.7. The van der Waals surface area contributed by atoms with Crippen LogP contribution in [-0.4, -0.2) is 4.57 Å². The Balaban J connectivity index is 1.06. The number of rotatable bonds is 3. The molecule has 11 aromatic rings. The van der Waals surface area contributed by atoms with Gasteiger partial charge in [-0.15, -0.1) is 22.7 Å². The summed E-state index contributed by atoms with van der Waals surface area (Å²) in [7, 11) is 0. The van der Waals surface area contributed by atoms with E-state index >= 15 is 0 Å². The third-order valence-electron chi connectivity index (χ3n) is 12.0. The summed E-state index contributed by atoms with van der Waals surface area (Å²) in [6.07, 6.45) is 0. The van der Waals surface area contributed by atoms with E-state index in [1.807, 2.05) is 22.7 Å². The minimum Gasteiger partial charge on any atom is -0.309 e. The van der Waals surface area contributed by atoms with Crippen molar-refractivity contribution in [3.05, 3.63) is 175 Å². The zero-order chi connectivity index (χ0) is 35.7. The maximum atomic E-state index is 2.47. The second-order valence-electron chi connectivity index (χ2n) is 15.3. The molecule has 8 aromatic carbocycles. The highest BCUT2D eigenvalue weighted by Crippen LogP contribution is 2.54. The summed E-state index contributed by atoms with van der Waals surface area (Å²) < 4.78 is 7.85. The molecule has 3 heterocycles. The van der Waals surface area contributed by atoms with E-state index in [2.05, 4.69) is 182 Å². The maximum absolute atomic E-state index is 2.47. The van der Waals surface area contributed by atoms with Crippen molar-refractivity contribution in [1.29, 1.82) is 0 Å². The van der Waals surface area contributed by atoms with Gasteiger partial charge < -0.3 is 4.57 Å². The van der Waals surface area contributed by atoms with Crippen molar-refractivity contribution in [2.45, 2.75) is 19.3 Å². The first-order chi connectivity index (χ1) is 26.5. The van der Waals surface area contributed by atoms with Crippen molar-refractivity contribution in [1.82, 2.24) is 4.57 Å². The summed E-state index contributed by atoms with van der Waals surface area (Å²) >= 11 is 3.81. The smallest absolute Gasteiger partial charge is 0.0541 e. The Bertz CT molecular complexity index is 3350. The van der Waals surface area contributed by atoms with Crippen LogP contribution < -0.4 is 0 Å². The molecule has 3 aromatic heterocycles. The second-order valence-corrected chi connectivity index (χ2v) is 17.4. The average Bonchev–Trinajstić information content (AvgIpc) is 3.94. The highest BCUT2D eigenvalue weighted by atomic mass is 32.1. The molecule has 0 aliphatic heterocycles. The molecule has 254 valence electrons. The average molecular weight is 724 g/mol. The SMILES string of the molecule is CC1(C)c2ccc(-c3ccc4c(c3)c3cc(-c5ccc6sc7ccccc7c6c5)ccc3n4-c3ccccc3)cc2-c2c1ccc1c2sc2ccccc21. The minimum absolute atomic E-state index is 0.0602. The largest absolute Gasteiger partial charge is 0.309 e. The lowest BCUT2D eigenvalue weighted by Crippen LogP contribution is -2.14. The van der Waals surface area contributed by atoms with Crippen LogP contribution in [0.15, 0.2) is 164 Å². The summed E-state index contributed by atoms with van der Waals surface area (Å²) in [5, 5.41) is 7.91. The first-order valence-corrected chi connectivity index (χ1v) is 20.3. The summed E-state index contributed by atoms with van der Waals surface area (Å²) in [5.41, 5.74) is 14.2. The molecule has 0 saturated carbocycles. The highest BCUT2D eigenvalue weighted by molar-refractivity contribution is 7.26. The molecule has 1 nitrogen and oxygen atoms in total. The molecule has 0 spiro atoms. The first kappa shape index (κ1) is 30.5. The summed E-state index contributed by atoms with van der Waals surface area (Å²) in [5.74, 6) is 0. The quantitative estimate of drug-likeness (QED) is 0.171. The molecule has 54 heavy (non-hydrogen) atoms. The fraction of sp³-hybridized carbons (Fsp3) is 0.0588. The highest BCUT2D eigenvalue weighted by Gasteiger charge is 2.37. The predicted molar refractivity (Wildman–Crippen MR) is 235 cm³/mol. The van der Waals surface area contributed by atoms with Crippen LogP contribution in [0.5, 0.6) is 0 Å². The van der Waals surface area contributed by atoms with Gasteiger partial charge in [-0.3, -0.25) is 0 Å². The zero-order valence-corrected chi connectivity index (χ0v) is 31.5. The van der Waals surface area contributed by atoms with Crippen molar-refractivity contribution >= 4 is 84.8 Å². The molecule has 0 unspecified atom stereocenters. The Labute approximate surface area is 321 Å². The van der Waals surface area contributed by atoms with Crippen LogP contribution in [-0.2, 0) is 5.41 Å². The van der Waals surface area contributed by atoms with Gasteiger partial charge in [0.1, 0.15) is 0 Å². The van der Waals surface area contributed by atoms with Gasteiger partial charge >= 0.3 is 0 Å². The molecular formula is C51H33NS2.